The highest BCUT2D eigenvalue weighted by Crippen LogP contribution is 2.27. The van der Waals surface area contributed by atoms with Gasteiger partial charge in [-0.1, -0.05) is 24.3 Å². The molecule has 2 aromatic carbocycles. The minimum absolute atomic E-state index is 0.162. The third kappa shape index (κ3) is 4.21. The van der Waals surface area contributed by atoms with Crippen LogP contribution >= 0.6 is 0 Å². The van der Waals surface area contributed by atoms with E-state index in [0.29, 0.717) is 35.8 Å². The van der Waals surface area contributed by atoms with E-state index in [1.807, 2.05) is 61.5 Å². The molecule has 2 aromatic heterocycles. The average molecular weight is 416 g/mol. The molecular formula is C24H24N4O3. The summed E-state index contributed by atoms with van der Waals surface area (Å²) in [5, 5.41) is 8.41. The van der Waals surface area contributed by atoms with Crippen LogP contribution in [0.15, 0.2) is 60.8 Å². The van der Waals surface area contributed by atoms with Gasteiger partial charge in [0.05, 0.1) is 37.2 Å². The van der Waals surface area contributed by atoms with Crippen LogP contribution in [-0.2, 0) is 6.42 Å². The van der Waals surface area contributed by atoms with E-state index in [4.69, 9.17) is 9.47 Å². The summed E-state index contributed by atoms with van der Waals surface area (Å²) in [4.78, 5) is 17.4. The van der Waals surface area contributed by atoms with Crippen LogP contribution in [-0.4, -0.2) is 41.4 Å². The van der Waals surface area contributed by atoms with Gasteiger partial charge < -0.3 is 14.8 Å². The van der Waals surface area contributed by atoms with E-state index < -0.39 is 0 Å². The third-order valence-corrected chi connectivity index (χ3v) is 5.20. The lowest BCUT2D eigenvalue weighted by molar-refractivity contribution is 0.0953. The second-order valence-corrected chi connectivity index (χ2v) is 7.11. The van der Waals surface area contributed by atoms with Crippen molar-refractivity contribution in [1.82, 2.24) is 20.1 Å². The average Bonchev–Trinajstić information content (AvgIpc) is 3.19. The van der Waals surface area contributed by atoms with Crippen LogP contribution in [0.5, 0.6) is 11.5 Å². The number of amides is 1. The lowest BCUT2D eigenvalue weighted by Gasteiger charge is -2.10. The number of hydrogen-bond donors (Lipinski definition) is 1. The van der Waals surface area contributed by atoms with Crippen molar-refractivity contribution >= 4 is 16.8 Å². The molecule has 0 bridgehead atoms. The van der Waals surface area contributed by atoms with E-state index in [2.05, 4.69) is 15.4 Å². The number of aromatic nitrogens is 3. The SMILES string of the molecule is COc1ccc(CCNC(=O)c2cnn(-c3ccc4ccccc4n3)c2C)cc1OC. The summed E-state index contributed by atoms with van der Waals surface area (Å²) in [5.41, 5.74) is 3.20. The number of para-hydroxylation sites is 1. The predicted octanol–water partition coefficient (Wildman–Crippen LogP) is 3.72. The quantitative estimate of drug-likeness (QED) is 0.497. The van der Waals surface area contributed by atoms with Gasteiger partial charge in [0.1, 0.15) is 0 Å². The molecule has 0 atom stereocenters. The maximum Gasteiger partial charge on any atom is 0.254 e. The fourth-order valence-corrected chi connectivity index (χ4v) is 3.49. The van der Waals surface area contributed by atoms with Crippen LogP contribution < -0.4 is 14.8 Å². The normalized spacial score (nSPS) is 10.8. The first-order valence-corrected chi connectivity index (χ1v) is 10.0. The van der Waals surface area contributed by atoms with Crippen molar-refractivity contribution in [3.05, 3.63) is 77.6 Å². The van der Waals surface area contributed by atoms with Crippen LogP contribution in [0.1, 0.15) is 21.6 Å². The highest BCUT2D eigenvalue weighted by Gasteiger charge is 2.16. The van der Waals surface area contributed by atoms with Crippen LogP contribution in [0.25, 0.3) is 16.7 Å². The Labute approximate surface area is 180 Å². The molecule has 0 aliphatic carbocycles. The predicted molar refractivity (Wildman–Crippen MR) is 119 cm³/mol. The Kier molecular flexibility index (Phi) is 5.84. The minimum atomic E-state index is -0.162. The molecular weight excluding hydrogens is 392 g/mol. The van der Waals surface area contributed by atoms with E-state index in [-0.39, 0.29) is 5.91 Å². The molecule has 0 radical (unpaired) electrons. The Morgan fingerprint density at radius 1 is 1.03 bits per heavy atom. The van der Waals surface area contributed by atoms with Crippen LogP contribution in [0, 0.1) is 6.92 Å². The highest BCUT2D eigenvalue weighted by molar-refractivity contribution is 5.95. The zero-order chi connectivity index (χ0) is 21.8. The fourth-order valence-electron chi connectivity index (χ4n) is 3.49. The van der Waals surface area contributed by atoms with Gasteiger partial charge in [-0.05, 0) is 49.2 Å². The molecule has 1 N–H and O–H groups in total. The van der Waals surface area contributed by atoms with Crippen LogP contribution in [0.2, 0.25) is 0 Å². The van der Waals surface area contributed by atoms with Gasteiger partial charge in [-0.2, -0.15) is 5.10 Å². The zero-order valence-corrected chi connectivity index (χ0v) is 17.8. The minimum Gasteiger partial charge on any atom is -0.493 e. The molecule has 158 valence electrons. The number of rotatable bonds is 7. The molecule has 0 unspecified atom stereocenters. The van der Waals surface area contributed by atoms with Gasteiger partial charge in [-0.25, -0.2) is 9.67 Å². The van der Waals surface area contributed by atoms with Gasteiger partial charge in [0, 0.05) is 11.9 Å². The van der Waals surface area contributed by atoms with Crippen molar-refractivity contribution in [3.8, 4) is 17.3 Å². The van der Waals surface area contributed by atoms with Gasteiger partial charge in [0.2, 0.25) is 0 Å². The van der Waals surface area contributed by atoms with E-state index >= 15 is 0 Å². The van der Waals surface area contributed by atoms with Crippen molar-refractivity contribution in [1.29, 1.82) is 0 Å². The number of pyridine rings is 1. The van der Waals surface area contributed by atoms with Crippen molar-refractivity contribution in [2.45, 2.75) is 13.3 Å². The molecule has 31 heavy (non-hydrogen) atoms. The zero-order valence-electron chi connectivity index (χ0n) is 17.8. The molecule has 2 heterocycles. The smallest absolute Gasteiger partial charge is 0.254 e. The number of ether oxygens (including phenoxy) is 2. The number of nitrogens with zero attached hydrogens (tertiary/aromatic N) is 3. The molecule has 4 rings (SSSR count). The second kappa shape index (κ2) is 8.87. The van der Waals surface area contributed by atoms with Crippen LogP contribution in [0.4, 0.5) is 0 Å². The topological polar surface area (TPSA) is 78.3 Å². The van der Waals surface area contributed by atoms with Gasteiger partial charge in [-0.15, -0.1) is 0 Å². The number of hydrogen-bond acceptors (Lipinski definition) is 5. The fraction of sp³-hybridized carbons (Fsp3) is 0.208. The number of benzene rings is 2. The van der Waals surface area contributed by atoms with E-state index in [1.54, 1.807) is 25.1 Å². The summed E-state index contributed by atoms with van der Waals surface area (Å²) in [5.74, 6) is 1.87. The summed E-state index contributed by atoms with van der Waals surface area (Å²) in [6.45, 7) is 2.36. The van der Waals surface area contributed by atoms with Gasteiger partial charge in [0.15, 0.2) is 17.3 Å². The molecule has 0 saturated heterocycles. The summed E-state index contributed by atoms with van der Waals surface area (Å²) >= 11 is 0. The van der Waals surface area contributed by atoms with Gasteiger partial charge >= 0.3 is 0 Å². The number of carbonyl (C=O) groups excluding carboxylic acids is 1. The molecule has 7 heteroatoms. The van der Waals surface area contributed by atoms with E-state index in [0.717, 1.165) is 22.2 Å². The Morgan fingerprint density at radius 2 is 1.84 bits per heavy atom. The maximum atomic E-state index is 12.7. The molecule has 7 nitrogen and oxygen atoms in total. The van der Waals surface area contributed by atoms with Crippen LogP contribution in [0.3, 0.4) is 0 Å². The Balaban J connectivity index is 1.44. The standard InChI is InChI=1S/C24H24N4O3/c1-16-19(15-26-28(16)23-11-9-18-6-4-5-7-20(18)27-23)24(29)25-13-12-17-8-10-21(30-2)22(14-17)31-3/h4-11,14-15H,12-13H2,1-3H3,(H,25,29). The number of carbonyl (C=O) groups is 1. The first-order valence-electron chi connectivity index (χ1n) is 10.0. The summed E-state index contributed by atoms with van der Waals surface area (Å²) in [7, 11) is 3.21. The molecule has 0 saturated carbocycles. The number of nitrogens with one attached hydrogen (secondary N) is 1. The third-order valence-electron chi connectivity index (χ3n) is 5.20. The first-order chi connectivity index (χ1) is 15.1. The summed E-state index contributed by atoms with van der Waals surface area (Å²) in [6, 6.07) is 17.5. The Bertz CT molecular complexity index is 1230. The Morgan fingerprint density at radius 3 is 2.65 bits per heavy atom. The molecule has 0 spiro atoms. The lowest BCUT2D eigenvalue weighted by Crippen LogP contribution is -2.26. The van der Waals surface area contributed by atoms with E-state index in [1.165, 1.54) is 0 Å². The highest BCUT2D eigenvalue weighted by atomic mass is 16.5. The molecule has 1 amide bonds. The van der Waals surface area contributed by atoms with Crippen molar-refractivity contribution in [3.63, 3.8) is 0 Å². The number of fused-ring (bicyclic) bond motifs is 1. The second-order valence-electron chi connectivity index (χ2n) is 7.11. The molecule has 0 aliphatic rings. The molecule has 0 fully saturated rings. The Hall–Kier alpha value is -3.87. The molecule has 0 aliphatic heterocycles. The number of methoxy groups -OCH3 is 2. The maximum absolute atomic E-state index is 12.7. The monoisotopic (exact) mass is 416 g/mol. The molecule has 4 aromatic rings. The summed E-state index contributed by atoms with van der Waals surface area (Å²) < 4.78 is 12.3. The van der Waals surface area contributed by atoms with Gasteiger partial charge in [0.25, 0.3) is 5.91 Å². The first kappa shape index (κ1) is 20.4. The van der Waals surface area contributed by atoms with Crippen molar-refractivity contribution < 1.29 is 14.3 Å². The van der Waals surface area contributed by atoms with Gasteiger partial charge in [-0.3, -0.25) is 4.79 Å². The van der Waals surface area contributed by atoms with E-state index in [9.17, 15) is 4.79 Å². The lowest BCUT2D eigenvalue weighted by atomic mass is 10.1. The summed E-state index contributed by atoms with van der Waals surface area (Å²) in [6.07, 6.45) is 2.25. The van der Waals surface area contributed by atoms with Crippen molar-refractivity contribution in [2.75, 3.05) is 20.8 Å². The van der Waals surface area contributed by atoms with Crippen molar-refractivity contribution in [2.24, 2.45) is 0 Å². The largest absolute Gasteiger partial charge is 0.493 e.